The molecule has 2 aromatic rings. The van der Waals surface area contributed by atoms with E-state index in [1.54, 1.807) is 0 Å². The van der Waals surface area contributed by atoms with Gasteiger partial charge in [-0.05, 0) is 37.2 Å². The van der Waals surface area contributed by atoms with Crippen LogP contribution in [0.3, 0.4) is 0 Å². The van der Waals surface area contributed by atoms with Crippen molar-refractivity contribution in [2.75, 3.05) is 6.61 Å². The van der Waals surface area contributed by atoms with E-state index in [9.17, 15) is 5.11 Å². The molecular formula is C19H24N2O. The van der Waals surface area contributed by atoms with Crippen LogP contribution in [0.5, 0.6) is 0 Å². The number of hydrogen-bond acceptors (Lipinski definition) is 2. The Bertz CT molecular complexity index is 737. The van der Waals surface area contributed by atoms with Crippen LogP contribution in [0, 0.1) is 5.92 Å². The topological polar surface area (TPSA) is 37.5 Å². The molecule has 0 radical (unpaired) electrons. The Morgan fingerprint density at radius 1 is 1.27 bits per heavy atom. The lowest BCUT2D eigenvalue weighted by Crippen LogP contribution is -2.21. The van der Waals surface area contributed by atoms with Gasteiger partial charge >= 0.3 is 0 Å². The highest BCUT2D eigenvalue weighted by Crippen LogP contribution is 2.39. The molecule has 2 aromatic heterocycles. The van der Waals surface area contributed by atoms with E-state index >= 15 is 0 Å². The summed E-state index contributed by atoms with van der Waals surface area (Å²) < 4.78 is 2.29. The van der Waals surface area contributed by atoms with Gasteiger partial charge in [-0.25, -0.2) is 4.98 Å². The maximum Gasteiger partial charge on any atom is 0.0994 e. The number of aromatic nitrogens is 2. The Labute approximate surface area is 131 Å². The molecular weight excluding hydrogens is 272 g/mol. The van der Waals surface area contributed by atoms with Crippen LogP contribution in [-0.2, 0) is 6.42 Å². The van der Waals surface area contributed by atoms with Crippen LogP contribution in [0.15, 0.2) is 24.7 Å². The van der Waals surface area contributed by atoms with Crippen LogP contribution in [0.2, 0.25) is 0 Å². The van der Waals surface area contributed by atoms with Gasteiger partial charge in [-0.15, -0.1) is 0 Å². The summed E-state index contributed by atoms with van der Waals surface area (Å²) in [6.07, 6.45) is 19.1. The van der Waals surface area contributed by atoms with Gasteiger partial charge in [-0.3, -0.25) is 0 Å². The quantitative estimate of drug-likeness (QED) is 0.942. The zero-order chi connectivity index (χ0) is 14.9. The maximum absolute atomic E-state index is 9.65. The van der Waals surface area contributed by atoms with Gasteiger partial charge in [0.1, 0.15) is 0 Å². The van der Waals surface area contributed by atoms with E-state index < -0.39 is 0 Å². The highest BCUT2D eigenvalue weighted by atomic mass is 16.3. The van der Waals surface area contributed by atoms with Crippen molar-refractivity contribution in [3.8, 4) is 0 Å². The summed E-state index contributed by atoms with van der Waals surface area (Å²) in [5.74, 6) is 1.18. The van der Waals surface area contributed by atoms with Gasteiger partial charge in [0.15, 0.2) is 0 Å². The van der Waals surface area contributed by atoms with E-state index in [1.165, 1.54) is 54.1 Å². The van der Waals surface area contributed by atoms with Gasteiger partial charge in [0.05, 0.1) is 18.0 Å². The molecule has 0 aromatic carbocycles. The summed E-state index contributed by atoms with van der Waals surface area (Å²) in [5.41, 5.74) is 4.11. The first-order valence-electron chi connectivity index (χ1n) is 8.64. The van der Waals surface area contributed by atoms with Crippen LogP contribution in [0.25, 0.3) is 11.6 Å². The first-order chi connectivity index (χ1) is 10.9. The molecule has 2 aliphatic rings. The van der Waals surface area contributed by atoms with Crippen molar-refractivity contribution in [1.82, 2.24) is 9.38 Å². The Balaban J connectivity index is 1.85. The predicted molar refractivity (Wildman–Crippen MR) is 88.7 cm³/mol. The molecule has 0 bridgehead atoms. The van der Waals surface area contributed by atoms with Crippen molar-refractivity contribution in [3.63, 3.8) is 0 Å². The summed E-state index contributed by atoms with van der Waals surface area (Å²) in [6.45, 7) is 0.275. The molecule has 3 heteroatoms. The Morgan fingerprint density at radius 3 is 2.95 bits per heavy atom. The third kappa shape index (κ3) is 2.19. The smallest absolute Gasteiger partial charge is 0.0994 e. The number of allylic oxidation sites excluding steroid dienone is 2. The minimum atomic E-state index is 0.275. The molecule has 2 aliphatic carbocycles. The third-order valence-electron chi connectivity index (χ3n) is 5.54. The minimum absolute atomic E-state index is 0.275. The lowest BCUT2D eigenvalue weighted by Gasteiger charge is -2.31. The molecule has 22 heavy (non-hydrogen) atoms. The molecule has 0 spiro atoms. The van der Waals surface area contributed by atoms with Crippen LogP contribution >= 0.6 is 0 Å². The highest BCUT2D eigenvalue weighted by molar-refractivity contribution is 5.63. The number of rotatable bonds is 4. The summed E-state index contributed by atoms with van der Waals surface area (Å²) in [5, 5.41) is 11.0. The van der Waals surface area contributed by atoms with Crippen molar-refractivity contribution < 1.29 is 5.11 Å². The molecule has 2 heterocycles. The van der Waals surface area contributed by atoms with Crippen molar-refractivity contribution in [2.45, 2.75) is 50.9 Å². The van der Waals surface area contributed by atoms with Crippen LogP contribution in [0.4, 0.5) is 0 Å². The zero-order valence-electron chi connectivity index (χ0n) is 13.0. The summed E-state index contributed by atoms with van der Waals surface area (Å²) >= 11 is 0. The molecule has 0 saturated heterocycles. The average molecular weight is 296 g/mol. The van der Waals surface area contributed by atoms with Gasteiger partial charge < -0.3 is 9.51 Å². The van der Waals surface area contributed by atoms with E-state index in [0.29, 0.717) is 11.8 Å². The van der Waals surface area contributed by atoms with Crippen molar-refractivity contribution in [1.29, 1.82) is 0 Å². The number of imidazole rings is 1. The predicted octanol–water partition coefficient (Wildman–Crippen LogP) is 2.99. The van der Waals surface area contributed by atoms with E-state index in [2.05, 4.69) is 27.6 Å². The Kier molecular flexibility index (Phi) is 3.75. The molecule has 1 atom stereocenters. The number of aliphatic hydroxyl groups is 1. The summed E-state index contributed by atoms with van der Waals surface area (Å²) in [7, 11) is 0. The normalized spacial score (nSPS) is 20.0. The van der Waals surface area contributed by atoms with E-state index in [0.717, 1.165) is 12.8 Å². The fraction of sp³-hybridized carbons (Fsp3) is 0.526. The third-order valence-corrected chi connectivity index (χ3v) is 5.54. The second kappa shape index (κ2) is 5.88. The van der Waals surface area contributed by atoms with Gasteiger partial charge in [0, 0.05) is 23.4 Å². The standard InChI is InChI=1S/C19H24N2O/c22-11-10-15(14-6-2-1-3-7-14)19-17-9-5-4-8-16(17)18-12-20-13-21(18)19/h4-5,8,12-15,22H,1-3,6-7,9-11H2. The van der Waals surface area contributed by atoms with Crippen molar-refractivity contribution >= 4 is 11.6 Å². The molecule has 0 aliphatic heterocycles. The summed E-state index contributed by atoms with van der Waals surface area (Å²) in [4.78, 5) is 4.37. The average Bonchev–Trinajstić information content (AvgIpc) is 3.15. The first kappa shape index (κ1) is 14.0. The molecule has 3 nitrogen and oxygen atoms in total. The molecule has 116 valence electrons. The van der Waals surface area contributed by atoms with Crippen LogP contribution in [-0.4, -0.2) is 21.1 Å². The lowest BCUT2D eigenvalue weighted by atomic mass is 9.76. The number of nitrogens with zero attached hydrogens (tertiary/aromatic N) is 2. The number of fused-ring (bicyclic) bond motifs is 3. The molecule has 0 amide bonds. The van der Waals surface area contributed by atoms with Gasteiger partial charge in [0.2, 0.25) is 0 Å². The largest absolute Gasteiger partial charge is 0.396 e. The zero-order valence-corrected chi connectivity index (χ0v) is 13.0. The molecule has 1 saturated carbocycles. The van der Waals surface area contributed by atoms with Crippen LogP contribution in [0.1, 0.15) is 55.7 Å². The second-order valence-electron chi connectivity index (χ2n) is 6.74. The molecule has 1 N–H and O–H groups in total. The van der Waals surface area contributed by atoms with Crippen molar-refractivity contribution in [3.05, 3.63) is 41.2 Å². The van der Waals surface area contributed by atoms with Gasteiger partial charge in [-0.2, -0.15) is 0 Å². The Morgan fingerprint density at radius 2 is 2.14 bits per heavy atom. The second-order valence-corrected chi connectivity index (χ2v) is 6.74. The summed E-state index contributed by atoms with van der Waals surface area (Å²) in [6, 6.07) is 0. The molecule has 4 rings (SSSR count). The van der Waals surface area contributed by atoms with Crippen molar-refractivity contribution in [2.24, 2.45) is 5.92 Å². The Hall–Kier alpha value is -1.61. The van der Waals surface area contributed by atoms with E-state index in [1.807, 2.05) is 12.5 Å². The fourth-order valence-electron chi connectivity index (χ4n) is 4.55. The van der Waals surface area contributed by atoms with E-state index in [4.69, 9.17) is 0 Å². The lowest BCUT2D eigenvalue weighted by molar-refractivity contribution is 0.226. The minimum Gasteiger partial charge on any atom is -0.396 e. The molecule has 1 unspecified atom stereocenters. The van der Waals surface area contributed by atoms with E-state index in [-0.39, 0.29) is 6.61 Å². The molecule has 1 fully saturated rings. The fourth-order valence-corrected chi connectivity index (χ4v) is 4.55. The number of hydrogen-bond donors (Lipinski definition) is 1. The van der Waals surface area contributed by atoms with Gasteiger partial charge in [-0.1, -0.05) is 37.5 Å². The SMILES string of the molecule is OCCC(c1c2c(c3cncn13)=CC=CC2)C1CCCCC1. The maximum atomic E-state index is 9.65. The number of aliphatic hydroxyl groups excluding tert-OH is 1. The monoisotopic (exact) mass is 296 g/mol. The highest BCUT2D eigenvalue weighted by Gasteiger charge is 2.30. The van der Waals surface area contributed by atoms with Gasteiger partial charge in [0.25, 0.3) is 0 Å². The van der Waals surface area contributed by atoms with Crippen LogP contribution < -0.4 is 5.22 Å². The first-order valence-corrected chi connectivity index (χ1v) is 8.64.